The van der Waals surface area contributed by atoms with Gasteiger partial charge in [0.05, 0.1) is 9.75 Å². The molecule has 0 saturated carbocycles. The van der Waals surface area contributed by atoms with Crippen LogP contribution in [-0.4, -0.2) is 69.0 Å². The lowest BCUT2D eigenvalue weighted by atomic mass is 9.79. The third kappa shape index (κ3) is 9.45. The zero-order valence-corrected chi connectivity index (χ0v) is 41.1. The van der Waals surface area contributed by atoms with Crippen LogP contribution in [0.4, 0.5) is 19.6 Å². The van der Waals surface area contributed by atoms with Gasteiger partial charge in [-0.3, -0.25) is 28.8 Å². The number of carbonyl (C=O) groups excluding carboxylic acids is 8. The first-order chi connectivity index (χ1) is 36.3. The van der Waals surface area contributed by atoms with Gasteiger partial charge in [-0.1, -0.05) is 121 Å². The lowest BCUT2D eigenvalue weighted by Crippen LogP contribution is -2.50. The quantitative estimate of drug-likeness (QED) is 0.0481. The number of nitriles is 2. The SMILES string of the molecule is CC1=C(C#N)C(=O)N(C(=O)OCc2ccccc2)C(=O)C1=Nc1cc2c(s1)-c1sc(N=C3C(=O)N(C(=O)OCc4ccccc4)C(=O)C(C#N)=C3C)cc1C2(C(=O)OCc1ccccc1)C(=O)OCc1ccccc1. The van der Waals surface area contributed by atoms with Crippen LogP contribution in [0.15, 0.2) is 166 Å². The molecule has 20 heteroatoms. The second-order valence-corrected chi connectivity index (χ2v) is 18.7. The Morgan fingerprint density at radius 1 is 0.493 bits per heavy atom. The molecular formula is C55H36N6O12S2. The number of hydrogen-bond acceptors (Lipinski definition) is 18. The van der Waals surface area contributed by atoms with Gasteiger partial charge >= 0.3 is 24.1 Å². The molecule has 9 rings (SSSR count). The summed E-state index contributed by atoms with van der Waals surface area (Å²) in [7, 11) is 0. The van der Waals surface area contributed by atoms with Crippen molar-refractivity contribution in [2.45, 2.75) is 45.7 Å². The van der Waals surface area contributed by atoms with E-state index in [1.807, 2.05) is 0 Å². The number of amides is 6. The van der Waals surface area contributed by atoms with Gasteiger partial charge < -0.3 is 18.9 Å². The molecule has 2 aromatic heterocycles. The van der Waals surface area contributed by atoms with Gasteiger partial charge in [-0.05, 0) is 48.2 Å². The predicted octanol–water partition coefficient (Wildman–Crippen LogP) is 8.80. The molecule has 18 nitrogen and oxygen atoms in total. The highest BCUT2D eigenvalue weighted by molar-refractivity contribution is 7.26. The van der Waals surface area contributed by atoms with Gasteiger partial charge in [0, 0.05) is 22.3 Å². The third-order valence-electron chi connectivity index (χ3n) is 12.0. The Kier molecular flexibility index (Phi) is 14.1. The maximum Gasteiger partial charge on any atom is 0.424 e. The van der Waals surface area contributed by atoms with Crippen LogP contribution < -0.4 is 0 Å². The summed E-state index contributed by atoms with van der Waals surface area (Å²) in [5.41, 5.74) is -2.75. The van der Waals surface area contributed by atoms with Crippen LogP contribution in [0.25, 0.3) is 9.75 Å². The Labute approximate surface area is 434 Å². The number of imide groups is 6. The van der Waals surface area contributed by atoms with Gasteiger partial charge in [0.15, 0.2) is 0 Å². The molecule has 0 saturated heterocycles. The van der Waals surface area contributed by atoms with E-state index in [4.69, 9.17) is 18.9 Å². The monoisotopic (exact) mass is 1040 g/mol. The van der Waals surface area contributed by atoms with Crippen molar-refractivity contribution >= 4 is 91.9 Å². The zero-order valence-electron chi connectivity index (χ0n) is 39.4. The third-order valence-corrected chi connectivity index (χ3v) is 14.3. The molecule has 6 aromatic rings. The summed E-state index contributed by atoms with van der Waals surface area (Å²) < 4.78 is 22.6. The van der Waals surface area contributed by atoms with E-state index < -0.39 is 75.7 Å². The van der Waals surface area contributed by atoms with E-state index in [0.717, 1.165) is 22.7 Å². The van der Waals surface area contributed by atoms with E-state index in [1.54, 1.807) is 133 Å². The fourth-order valence-corrected chi connectivity index (χ4v) is 10.6. The number of carbonyl (C=O) groups is 8. The summed E-state index contributed by atoms with van der Waals surface area (Å²) in [6, 6.07) is 40.3. The Hall–Kier alpha value is -9.76. The van der Waals surface area contributed by atoms with Crippen LogP contribution in [0, 0.1) is 22.7 Å². The summed E-state index contributed by atoms with van der Waals surface area (Å²) >= 11 is 1.75. The number of esters is 2. The number of ether oxygens (including phenoxy) is 4. The first-order valence-electron chi connectivity index (χ1n) is 22.6. The maximum atomic E-state index is 15.2. The molecule has 0 N–H and O–H groups in total. The fourth-order valence-electron chi connectivity index (χ4n) is 8.24. The highest BCUT2D eigenvalue weighted by Crippen LogP contribution is 2.60. The van der Waals surface area contributed by atoms with Crippen molar-refractivity contribution in [2.24, 2.45) is 9.98 Å². The van der Waals surface area contributed by atoms with Crippen LogP contribution in [0.1, 0.15) is 47.2 Å². The summed E-state index contributed by atoms with van der Waals surface area (Å²) in [6.07, 6.45) is -2.73. The molecule has 0 atom stereocenters. The molecule has 75 heavy (non-hydrogen) atoms. The van der Waals surface area contributed by atoms with Gasteiger partial charge in [-0.2, -0.15) is 20.3 Å². The van der Waals surface area contributed by atoms with E-state index in [-0.39, 0.29) is 78.3 Å². The average Bonchev–Trinajstić information content (AvgIpc) is 4.12. The lowest BCUT2D eigenvalue weighted by Gasteiger charge is -2.26. The van der Waals surface area contributed by atoms with Crippen molar-refractivity contribution in [3.63, 3.8) is 0 Å². The predicted molar refractivity (Wildman–Crippen MR) is 269 cm³/mol. The van der Waals surface area contributed by atoms with Gasteiger partial charge in [0.25, 0.3) is 23.6 Å². The Balaban J connectivity index is 1.17. The zero-order chi connectivity index (χ0) is 53.0. The smallest absolute Gasteiger partial charge is 0.424 e. The molecule has 6 amide bonds. The number of fused-ring (bicyclic) bond motifs is 3. The van der Waals surface area contributed by atoms with Crippen LogP contribution in [-0.2, 0) is 79.6 Å². The van der Waals surface area contributed by atoms with Crippen LogP contribution in [0.2, 0.25) is 0 Å². The molecule has 4 heterocycles. The highest BCUT2D eigenvalue weighted by atomic mass is 32.1. The second-order valence-electron chi connectivity index (χ2n) is 16.6. The fraction of sp³-hybridized carbons (Fsp3) is 0.127. The number of nitrogens with zero attached hydrogens (tertiary/aromatic N) is 6. The standard InChI is InChI=1S/C55H36N6O12S2/c1-31-37(25-56)47(62)60(53(68)72-29-35-19-11-5-12-20-35)49(64)43(31)58-41-23-39-45(74-41)46-40(55(39,51(66)70-27-33-15-7-3-8-16-33)52(67)71-28-34-17-9-4-10-18-34)24-42(75-46)59-44-32(2)38(26-57)48(63)61(50(44)65)54(69)73-30-36-21-13-6-14-22-36/h3-24H,27-30H2,1-2H3. The largest absolute Gasteiger partial charge is 0.459 e. The normalized spacial score (nSPS) is 15.8. The maximum absolute atomic E-state index is 15.2. The Morgan fingerprint density at radius 2 is 0.800 bits per heavy atom. The van der Waals surface area contributed by atoms with Crippen molar-refractivity contribution in [3.05, 3.63) is 189 Å². The van der Waals surface area contributed by atoms with Crippen molar-refractivity contribution in [3.8, 4) is 21.9 Å². The first kappa shape index (κ1) is 50.2. The summed E-state index contributed by atoms with van der Waals surface area (Å²) in [5.74, 6) is -7.12. The first-order valence-corrected chi connectivity index (χ1v) is 24.2. The van der Waals surface area contributed by atoms with Crippen LogP contribution >= 0.6 is 22.7 Å². The summed E-state index contributed by atoms with van der Waals surface area (Å²) in [6.45, 7) is 1.35. The summed E-state index contributed by atoms with van der Waals surface area (Å²) in [4.78, 5) is 122. The van der Waals surface area contributed by atoms with E-state index >= 15 is 9.59 Å². The topological polar surface area (TPSA) is 252 Å². The average molecular weight is 1040 g/mol. The molecule has 0 radical (unpaired) electrons. The molecular weight excluding hydrogens is 1000 g/mol. The summed E-state index contributed by atoms with van der Waals surface area (Å²) in [5, 5.41) is 20.1. The Morgan fingerprint density at radius 3 is 1.11 bits per heavy atom. The molecule has 3 aliphatic rings. The van der Waals surface area contributed by atoms with E-state index in [1.165, 1.54) is 26.0 Å². The minimum Gasteiger partial charge on any atom is -0.459 e. The molecule has 0 spiro atoms. The molecule has 4 aromatic carbocycles. The molecule has 0 bridgehead atoms. The molecule has 0 fully saturated rings. The van der Waals surface area contributed by atoms with Crippen molar-refractivity contribution in [1.29, 1.82) is 10.5 Å². The van der Waals surface area contributed by atoms with Crippen LogP contribution in [0.3, 0.4) is 0 Å². The van der Waals surface area contributed by atoms with Crippen LogP contribution in [0.5, 0.6) is 0 Å². The molecule has 2 aliphatic heterocycles. The number of rotatable bonds is 12. The van der Waals surface area contributed by atoms with E-state index in [9.17, 15) is 39.3 Å². The van der Waals surface area contributed by atoms with Gasteiger partial charge in [0.2, 0.25) is 5.41 Å². The van der Waals surface area contributed by atoms with E-state index in [2.05, 4.69) is 9.98 Å². The van der Waals surface area contributed by atoms with E-state index in [0.29, 0.717) is 22.3 Å². The van der Waals surface area contributed by atoms with Crippen molar-refractivity contribution < 1.29 is 57.3 Å². The molecule has 1 aliphatic carbocycles. The van der Waals surface area contributed by atoms with Gasteiger partial charge in [-0.25, -0.2) is 19.6 Å². The highest BCUT2D eigenvalue weighted by Gasteiger charge is 2.60. The lowest BCUT2D eigenvalue weighted by molar-refractivity contribution is -0.164. The number of aliphatic imine (C=N–C) groups is 2. The number of thiophene rings is 2. The molecule has 0 unspecified atom stereocenters. The minimum absolute atomic E-state index is 0.00135. The molecule has 370 valence electrons. The van der Waals surface area contributed by atoms with Crippen molar-refractivity contribution in [2.75, 3.05) is 0 Å². The number of hydrogen-bond donors (Lipinski definition) is 0. The number of benzene rings is 4. The Bertz CT molecular complexity index is 3370. The van der Waals surface area contributed by atoms with Crippen molar-refractivity contribution in [1.82, 2.24) is 9.80 Å². The second kappa shape index (κ2) is 21.1. The van der Waals surface area contributed by atoms with Gasteiger partial charge in [-0.15, -0.1) is 22.7 Å². The van der Waals surface area contributed by atoms with Gasteiger partial charge in [0.1, 0.15) is 71.1 Å². The minimum atomic E-state index is -2.47.